The maximum absolute atomic E-state index is 4.48. The molecule has 1 aromatic heterocycles. The van der Waals surface area contributed by atoms with Gasteiger partial charge >= 0.3 is 0 Å². The topological polar surface area (TPSA) is 12.9 Å². The van der Waals surface area contributed by atoms with Crippen molar-refractivity contribution in [2.45, 2.75) is 3.74 Å². The van der Waals surface area contributed by atoms with E-state index < -0.39 is 0 Å². The number of hydrogen-bond donors (Lipinski definition) is 0. The molecule has 0 saturated heterocycles. The first-order chi connectivity index (χ1) is 6.27. The highest BCUT2D eigenvalue weighted by Gasteiger charge is 2.03. The molecule has 1 heterocycles. The van der Waals surface area contributed by atoms with Gasteiger partial charge in [-0.15, -0.1) is 0 Å². The number of halogens is 2. The van der Waals surface area contributed by atoms with Crippen LogP contribution in [0, 0.1) is 0 Å². The molecule has 66 valence electrons. The van der Waals surface area contributed by atoms with Crippen molar-refractivity contribution in [2.75, 3.05) is 0 Å². The fourth-order valence-electron chi connectivity index (χ4n) is 1.20. The number of para-hydroxylation sites is 1. The standard InChI is InChI=1S/C10H7Br2N/c11-10(12)9-6-5-7-3-1-2-4-8(7)13-9/h1-6,10H. The molecule has 0 radical (unpaired) electrons. The second-order valence-electron chi connectivity index (χ2n) is 2.73. The van der Waals surface area contributed by atoms with E-state index in [9.17, 15) is 0 Å². The molecule has 3 heteroatoms. The molecule has 0 bridgehead atoms. The summed E-state index contributed by atoms with van der Waals surface area (Å²) in [6.07, 6.45) is 0. The lowest BCUT2D eigenvalue weighted by molar-refractivity contribution is 1.23. The molecule has 13 heavy (non-hydrogen) atoms. The first-order valence-corrected chi connectivity index (χ1v) is 5.74. The quantitative estimate of drug-likeness (QED) is 0.725. The summed E-state index contributed by atoms with van der Waals surface area (Å²) in [7, 11) is 0. The Kier molecular flexibility index (Phi) is 2.65. The normalized spacial score (nSPS) is 11.0. The highest BCUT2D eigenvalue weighted by molar-refractivity contribution is 9.24. The van der Waals surface area contributed by atoms with Gasteiger partial charge < -0.3 is 0 Å². The van der Waals surface area contributed by atoms with Crippen LogP contribution < -0.4 is 0 Å². The zero-order chi connectivity index (χ0) is 9.26. The van der Waals surface area contributed by atoms with Crippen LogP contribution >= 0.6 is 31.9 Å². The molecule has 2 rings (SSSR count). The van der Waals surface area contributed by atoms with Crippen molar-refractivity contribution >= 4 is 42.8 Å². The van der Waals surface area contributed by atoms with Crippen molar-refractivity contribution in [3.63, 3.8) is 0 Å². The average Bonchev–Trinajstić information content (AvgIpc) is 2.17. The monoisotopic (exact) mass is 299 g/mol. The summed E-state index contributed by atoms with van der Waals surface area (Å²) in [4.78, 5) is 4.48. The second kappa shape index (κ2) is 3.76. The van der Waals surface area contributed by atoms with E-state index in [0.717, 1.165) is 11.2 Å². The van der Waals surface area contributed by atoms with Gasteiger partial charge in [-0.25, -0.2) is 0 Å². The Morgan fingerprint density at radius 1 is 1.00 bits per heavy atom. The SMILES string of the molecule is BrC(Br)c1ccc2ccccc2n1. The highest BCUT2D eigenvalue weighted by atomic mass is 79.9. The summed E-state index contributed by atoms with van der Waals surface area (Å²) in [5.74, 6) is 0. The van der Waals surface area contributed by atoms with Crippen molar-refractivity contribution in [3.8, 4) is 0 Å². The summed E-state index contributed by atoms with van der Waals surface area (Å²) in [5.41, 5.74) is 2.03. The fourth-order valence-corrected chi connectivity index (χ4v) is 1.71. The number of hydrogen-bond acceptors (Lipinski definition) is 1. The van der Waals surface area contributed by atoms with E-state index in [1.165, 1.54) is 5.39 Å². The van der Waals surface area contributed by atoms with Crippen LogP contribution in [0.15, 0.2) is 36.4 Å². The molecule has 0 fully saturated rings. The molecule has 0 aliphatic heterocycles. The Hall–Kier alpha value is -0.410. The Labute approximate surface area is 93.4 Å². The van der Waals surface area contributed by atoms with Gasteiger partial charge in [-0.1, -0.05) is 56.1 Å². The fraction of sp³-hybridized carbons (Fsp3) is 0.100. The Balaban J connectivity index is 2.62. The van der Waals surface area contributed by atoms with Crippen LogP contribution in [0.4, 0.5) is 0 Å². The van der Waals surface area contributed by atoms with E-state index in [4.69, 9.17) is 0 Å². The predicted octanol–water partition coefficient (Wildman–Crippen LogP) is 4.02. The molecule has 2 aromatic rings. The summed E-state index contributed by atoms with van der Waals surface area (Å²) in [5, 5.41) is 1.17. The lowest BCUT2D eigenvalue weighted by atomic mass is 10.2. The molecule has 0 amide bonds. The van der Waals surface area contributed by atoms with Gasteiger partial charge in [0.15, 0.2) is 0 Å². The third kappa shape index (κ3) is 1.92. The van der Waals surface area contributed by atoms with Crippen molar-refractivity contribution in [1.29, 1.82) is 0 Å². The molecule has 0 N–H and O–H groups in total. The number of alkyl halides is 2. The van der Waals surface area contributed by atoms with Gasteiger partial charge in [-0.2, -0.15) is 0 Å². The molecule has 1 aromatic carbocycles. The molecule has 0 spiro atoms. The second-order valence-corrected chi connectivity index (χ2v) is 5.79. The molecule has 0 aliphatic rings. The number of benzene rings is 1. The molecule has 0 aliphatic carbocycles. The molecule has 0 atom stereocenters. The Bertz CT molecular complexity index is 426. The predicted molar refractivity (Wildman–Crippen MR) is 62.3 cm³/mol. The zero-order valence-corrected chi connectivity index (χ0v) is 9.92. The van der Waals surface area contributed by atoms with Gasteiger partial charge in [0, 0.05) is 5.39 Å². The van der Waals surface area contributed by atoms with Crippen LogP contribution in [0.25, 0.3) is 10.9 Å². The minimum absolute atomic E-state index is 0.129. The minimum atomic E-state index is 0.129. The maximum atomic E-state index is 4.48. The Morgan fingerprint density at radius 2 is 1.77 bits per heavy atom. The number of pyridine rings is 1. The lowest BCUT2D eigenvalue weighted by Gasteiger charge is -2.02. The number of nitrogens with zero attached hydrogens (tertiary/aromatic N) is 1. The largest absolute Gasteiger partial charge is 0.251 e. The zero-order valence-electron chi connectivity index (χ0n) is 6.74. The van der Waals surface area contributed by atoms with E-state index >= 15 is 0 Å². The van der Waals surface area contributed by atoms with E-state index in [1.807, 2.05) is 24.3 Å². The van der Waals surface area contributed by atoms with E-state index in [1.54, 1.807) is 0 Å². The van der Waals surface area contributed by atoms with Crippen molar-refractivity contribution in [3.05, 3.63) is 42.1 Å². The third-order valence-corrected chi connectivity index (χ3v) is 2.78. The number of fused-ring (bicyclic) bond motifs is 1. The highest BCUT2D eigenvalue weighted by Crippen LogP contribution is 2.28. The van der Waals surface area contributed by atoms with Crippen molar-refractivity contribution < 1.29 is 0 Å². The van der Waals surface area contributed by atoms with Gasteiger partial charge in [-0.3, -0.25) is 4.98 Å². The average molecular weight is 301 g/mol. The molecule has 0 saturated carbocycles. The van der Waals surface area contributed by atoms with Gasteiger partial charge in [0.05, 0.1) is 11.2 Å². The lowest BCUT2D eigenvalue weighted by Crippen LogP contribution is -1.87. The minimum Gasteiger partial charge on any atom is -0.251 e. The van der Waals surface area contributed by atoms with Gasteiger partial charge in [0.25, 0.3) is 0 Å². The molecular formula is C10H7Br2N. The summed E-state index contributed by atoms with van der Waals surface area (Å²) in [6, 6.07) is 12.2. The Morgan fingerprint density at radius 3 is 2.54 bits per heavy atom. The van der Waals surface area contributed by atoms with Crippen LogP contribution in [0.2, 0.25) is 0 Å². The van der Waals surface area contributed by atoms with Crippen LogP contribution in [-0.2, 0) is 0 Å². The summed E-state index contributed by atoms with van der Waals surface area (Å²) in [6.45, 7) is 0. The van der Waals surface area contributed by atoms with Crippen LogP contribution in [0.1, 0.15) is 9.43 Å². The van der Waals surface area contributed by atoms with Gasteiger partial charge in [-0.05, 0) is 12.1 Å². The number of rotatable bonds is 1. The molecular weight excluding hydrogens is 294 g/mol. The summed E-state index contributed by atoms with van der Waals surface area (Å²) >= 11 is 6.84. The first kappa shape index (κ1) is 9.16. The molecule has 0 unspecified atom stereocenters. The van der Waals surface area contributed by atoms with Gasteiger partial charge in [0.2, 0.25) is 0 Å². The van der Waals surface area contributed by atoms with Crippen LogP contribution in [0.3, 0.4) is 0 Å². The molecule has 1 nitrogen and oxygen atoms in total. The van der Waals surface area contributed by atoms with Crippen LogP contribution in [0.5, 0.6) is 0 Å². The smallest absolute Gasteiger partial charge is 0.112 e. The summed E-state index contributed by atoms with van der Waals surface area (Å²) < 4.78 is 0.129. The third-order valence-electron chi connectivity index (χ3n) is 1.84. The van der Waals surface area contributed by atoms with E-state index in [2.05, 4.69) is 49.0 Å². The first-order valence-electron chi connectivity index (χ1n) is 3.91. The number of aromatic nitrogens is 1. The van der Waals surface area contributed by atoms with E-state index in [-0.39, 0.29) is 3.74 Å². The van der Waals surface area contributed by atoms with Crippen LogP contribution in [-0.4, -0.2) is 4.98 Å². The van der Waals surface area contributed by atoms with E-state index in [0.29, 0.717) is 0 Å². The van der Waals surface area contributed by atoms with Crippen molar-refractivity contribution in [1.82, 2.24) is 4.98 Å². The van der Waals surface area contributed by atoms with Crippen molar-refractivity contribution in [2.24, 2.45) is 0 Å². The maximum Gasteiger partial charge on any atom is 0.112 e. The van der Waals surface area contributed by atoms with Gasteiger partial charge in [0.1, 0.15) is 3.74 Å².